The monoisotopic (exact) mass is 663 g/mol. The molecule has 4 atom stereocenters. The van der Waals surface area contributed by atoms with Crippen molar-refractivity contribution in [2.75, 3.05) is 6.54 Å². The highest BCUT2D eigenvalue weighted by molar-refractivity contribution is 7.82. The Morgan fingerprint density at radius 1 is 0.682 bits per heavy atom. The van der Waals surface area contributed by atoms with E-state index in [4.69, 9.17) is 11.6 Å². The van der Waals surface area contributed by atoms with Gasteiger partial charge in [0.05, 0.1) is 6.54 Å². The van der Waals surface area contributed by atoms with E-state index in [1.807, 2.05) is 0 Å². The molecule has 5 amide bonds. The molecule has 3 rings (SSSR count). The highest BCUT2D eigenvalue weighted by atomic mass is 35.5. The molecule has 1 saturated heterocycles. The van der Waals surface area contributed by atoms with Crippen molar-refractivity contribution in [3.8, 4) is 5.75 Å². The van der Waals surface area contributed by atoms with E-state index in [1.54, 1.807) is 64.1 Å². The summed E-state index contributed by atoms with van der Waals surface area (Å²) in [7, 11) is 0. The predicted molar refractivity (Wildman–Crippen MR) is 174 cm³/mol. The van der Waals surface area contributed by atoms with E-state index < -0.39 is 69.7 Å². The summed E-state index contributed by atoms with van der Waals surface area (Å²) in [5.74, 6) is -3.42. The number of amides is 5. The molecular formula is C30H38ClN5O6S2. The van der Waals surface area contributed by atoms with Gasteiger partial charge in [-0.2, -0.15) is 25.3 Å². The van der Waals surface area contributed by atoms with Crippen LogP contribution in [-0.2, 0) is 36.8 Å². The number of hydrogen-bond donors (Lipinski definition) is 8. The molecule has 0 bridgehead atoms. The Kier molecular flexibility index (Phi) is 11.6. The van der Waals surface area contributed by atoms with Gasteiger partial charge in [0.15, 0.2) is 0 Å². The first kappa shape index (κ1) is 35.1. The van der Waals surface area contributed by atoms with Crippen LogP contribution in [0.2, 0.25) is 5.02 Å². The van der Waals surface area contributed by atoms with Gasteiger partial charge in [-0.05, 0) is 63.1 Å². The number of nitrogens with one attached hydrogen (secondary N) is 5. The zero-order chi connectivity index (χ0) is 32.8. The molecule has 1 aliphatic rings. The van der Waals surface area contributed by atoms with Crippen molar-refractivity contribution in [2.45, 2.75) is 74.2 Å². The van der Waals surface area contributed by atoms with Crippen molar-refractivity contribution >= 4 is 66.4 Å². The zero-order valence-corrected chi connectivity index (χ0v) is 27.4. The van der Waals surface area contributed by atoms with Gasteiger partial charge in [-0.15, -0.1) is 0 Å². The largest absolute Gasteiger partial charge is 0.508 e. The first-order valence-electron chi connectivity index (χ1n) is 13.9. The number of halogens is 1. The van der Waals surface area contributed by atoms with Crippen LogP contribution < -0.4 is 26.6 Å². The summed E-state index contributed by atoms with van der Waals surface area (Å²) >= 11 is 15.1. The number of thiol groups is 2. The van der Waals surface area contributed by atoms with Crippen molar-refractivity contribution in [1.82, 2.24) is 26.6 Å². The fraction of sp³-hybridized carbons (Fsp3) is 0.433. The number of hydrogen-bond acceptors (Lipinski definition) is 8. The van der Waals surface area contributed by atoms with Crippen molar-refractivity contribution in [2.24, 2.45) is 0 Å². The summed E-state index contributed by atoms with van der Waals surface area (Å²) in [5.41, 5.74) is 1.29. The number of benzene rings is 2. The van der Waals surface area contributed by atoms with E-state index in [9.17, 15) is 29.1 Å². The molecule has 14 heteroatoms. The lowest BCUT2D eigenvalue weighted by Gasteiger charge is -2.33. The second kappa shape index (κ2) is 14.6. The Labute approximate surface area is 272 Å². The third-order valence-electron chi connectivity index (χ3n) is 6.95. The molecule has 0 radical (unpaired) electrons. The molecule has 2 aromatic rings. The molecular weight excluding hydrogens is 626 g/mol. The van der Waals surface area contributed by atoms with Gasteiger partial charge in [-0.1, -0.05) is 35.9 Å². The van der Waals surface area contributed by atoms with E-state index in [2.05, 4.69) is 51.8 Å². The first-order valence-corrected chi connectivity index (χ1v) is 15.2. The molecule has 1 heterocycles. The molecule has 2 aromatic carbocycles. The minimum Gasteiger partial charge on any atom is -0.508 e. The molecule has 0 aliphatic carbocycles. The van der Waals surface area contributed by atoms with Crippen LogP contribution in [0.1, 0.15) is 38.8 Å². The number of rotatable bonds is 6. The van der Waals surface area contributed by atoms with Crippen LogP contribution in [0.15, 0.2) is 48.5 Å². The fourth-order valence-electron chi connectivity index (χ4n) is 4.52. The quantitative estimate of drug-likeness (QED) is 0.217. The van der Waals surface area contributed by atoms with Crippen LogP contribution in [0, 0.1) is 0 Å². The second-order valence-electron chi connectivity index (χ2n) is 11.8. The van der Waals surface area contributed by atoms with E-state index in [0.29, 0.717) is 16.1 Å². The van der Waals surface area contributed by atoms with Crippen molar-refractivity contribution in [3.63, 3.8) is 0 Å². The molecule has 0 spiro atoms. The number of aromatic hydroxyl groups is 1. The van der Waals surface area contributed by atoms with E-state index >= 15 is 0 Å². The van der Waals surface area contributed by atoms with Crippen LogP contribution in [0.25, 0.3) is 0 Å². The first-order chi connectivity index (χ1) is 20.4. The van der Waals surface area contributed by atoms with Gasteiger partial charge in [-0.3, -0.25) is 24.0 Å². The maximum absolute atomic E-state index is 13.8. The van der Waals surface area contributed by atoms with Gasteiger partial charge in [0, 0.05) is 27.4 Å². The minimum absolute atomic E-state index is 0.00785. The van der Waals surface area contributed by atoms with Gasteiger partial charge in [0.2, 0.25) is 29.5 Å². The van der Waals surface area contributed by atoms with Crippen LogP contribution >= 0.6 is 36.9 Å². The molecule has 6 N–H and O–H groups in total. The molecule has 1 aliphatic heterocycles. The number of carbonyl (C=O) groups is 5. The Morgan fingerprint density at radius 2 is 1.11 bits per heavy atom. The average Bonchev–Trinajstić information content (AvgIpc) is 2.93. The fourth-order valence-corrected chi connectivity index (χ4v) is 5.01. The lowest BCUT2D eigenvalue weighted by molar-refractivity contribution is -0.134. The van der Waals surface area contributed by atoms with Crippen LogP contribution in [0.4, 0.5) is 0 Å². The summed E-state index contributed by atoms with van der Waals surface area (Å²) in [4.78, 5) is 67.2. The summed E-state index contributed by atoms with van der Waals surface area (Å²) in [5, 5.41) is 23.4. The SMILES string of the molecule is CC(C)(S)[C@H]1NC(=O)[C@H](Cc2ccc(O)cc2)NC(=O)[C@@H](C(C)(C)S)NC(=O)[C@H](Cc2ccc(Cl)cc2)NC(=O)CNC1=O. The molecule has 0 aromatic heterocycles. The third-order valence-corrected chi connectivity index (χ3v) is 7.72. The maximum atomic E-state index is 13.8. The molecule has 11 nitrogen and oxygen atoms in total. The lowest BCUT2D eigenvalue weighted by Crippen LogP contribution is -2.63. The van der Waals surface area contributed by atoms with E-state index in [1.165, 1.54) is 12.1 Å². The highest BCUT2D eigenvalue weighted by Crippen LogP contribution is 2.21. The molecule has 0 saturated carbocycles. The van der Waals surface area contributed by atoms with Crippen LogP contribution in [-0.4, -0.2) is 74.8 Å². The van der Waals surface area contributed by atoms with Gasteiger partial charge in [0.1, 0.15) is 29.9 Å². The summed E-state index contributed by atoms with van der Waals surface area (Å²) in [6.45, 7) is 5.99. The summed E-state index contributed by atoms with van der Waals surface area (Å²) in [6.07, 6.45) is 0.0476. The van der Waals surface area contributed by atoms with Crippen molar-refractivity contribution in [1.29, 1.82) is 0 Å². The summed E-state index contributed by atoms with van der Waals surface area (Å²) < 4.78 is -2.20. The Bertz CT molecular complexity index is 1380. The topological polar surface area (TPSA) is 166 Å². The van der Waals surface area contributed by atoms with Gasteiger partial charge >= 0.3 is 0 Å². The Balaban J connectivity index is 2.04. The molecule has 0 unspecified atom stereocenters. The van der Waals surface area contributed by atoms with Gasteiger partial charge in [-0.25, -0.2) is 0 Å². The number of phenols is 1. The van der Waals surface area contributed by atoms with Crippen LogP contribution in [0.3, 0.4) is 0 Å². The van der Waals surface area contributed by atoms with E-state index in [-0.39, 0.29) is 18.6 Å². The average molecular weight is 664 g/mol. The Hall–Kier alpha value is -3.42. The molecule has 1 fully saturated rings. The van der Waals surface area contributed by atoms with Gasteiger partial charge in [0.25, 0.3) is 0 Å². The number of phenolic OH excluding ortho intramolecular Hbond substituents is 1. The second-order valence-corrected chi connectivity index (χ2v) is 14.5. The number of carbonyl (C=O) groups excluding carboxylic acids is 5. The van der Waals surface area contributed by atoms with Crippen molar-refractivity contribution < 1.29 is 29.1 Å². The molecule has 238 valence electrons. The lowest BCUT2D eigenvalue weighted by atomic mass is 9.98. The standard InChI is InChI=1S/C30H38ClN5O6S2/c1-29(2,43)23-27(41)32-15-22(38)33-20(13-16-5-9-18(31)10-6-16)25(39)36-24(30(3,4)44)28(42)34-21(26(40)35-23)14-17-7-11-19(37)12-8-17/h5-12,20-21,23-24,37,43-44H,13-15H2,1-4H3,(H,32,41)(H,33,38)(H,34,42)(H,35,40)(H,36,39)/t20-,21-,23-,24-/m0/s1. The smallest absolute Gasteiger partial charge is 0.244 e. The third kappa shape index (κ3) is 10.1. The minimum atomic E-state index is -1.25. The van der Waals surface area contributed by atoms with Gasteiger partial charge < -0.3 is 31.7 Å². The normalized spacial score (nSPS) is 22.8. The Morgan fingerprint density at radius 3 is 1.59 bits per heavy atom. The summed E-state index contributed by atoms with van der Waals surface area (Å²) in [6, 6.07) is 7.98. The maximum Gasteiger partial charge on any atom is 0.244 e. The molecule has 44 heavy (non-hydrogen) atoms. The van der Waals surface area contributed by atoms with Crippen molar-refractivity contribution in [3.05, 3.63) is 64.7 Å². The van der Waals surface area contributed by atoms with E-state index in [0.717, 1.165) is 0 Å². The van der Waals surface area contributed by atoms with Crippen LogP contribution in [0.5, 0.6) is 5.75 Å². The predicted octanol–water partition coefficient (Wildman–Crippen LogP) is 1.32. The zero-order valence-electron chi connectivity index (χ0n) is 24.8. The highest BCUT2D eigenvalue weighted by Gasteiger charge is 2.40.